The number of benzene rings is 7. The second kappa shape index (κ2) is 13.6. The first kappa shape index (κ1) is 34.4. The van der Waals surface area contributed by atoms with Crippen LogP contribution in [0, 0.1) is 0 Å². The topological polar surface area (TPSA) is 21.3 Å². The van der Waals surface area contributed by atoms with E-state index >= 15 is 0 Å². The van der Waals surface area contributed by atoms with Gasteiger partial charge in [0.2, 0.25) is 0 Å². The molecule has 9 aromatic rings. The Morgan fingerprint density at radius 1 is 0.596 bits per heavy atom. The molecule has 0 spiro atoms. The second-order valence-corrected chi connectivity index (χ2v) is 15.5. The first-order valence-electron chi connectivity index (χ1n) is 19.6. The minimum atomic E-state index is -0.155. The van der Waals surface area contributed by atoms with Gasteiger partial charge >= 0.3 is 0 Å². The lowest BCUT2D eigenvalue weighted by atomic mass is 9.80. The standard InChI is InChI=1S/C54H42N2O/c1-5-6-18-48-36(2)45-31-30-44(35-49(45)54(48,3)4)55(43-28-23-38(24-29-43)53-34-40-14-10-13-20-52(40)57-53)42-26-21-37(22-27-42)39-25-32-51-47(33-39)46-17-11-12-19-50(46)56(51)41-15-8-7-9-16-41/h5-35H,1H2,2-4H3/b18-6-. The Kier molecular flexibility index (Phi) is 8.19. The maximum atomic E-state index is 6.24. The van der Waals surface area contributed by atoms with Crippen molar-refractivity contribution >= 4 is 55.4 Å². The monoisotopic (exact) mass is 734 g/mol. The number of nitrogens with zero attached hydrogens (tertiary/aromatic N) is 2. The van der Waals surface area contributed by atoms with Crippen LogP contribution < -0.4 is 4.90 Å². The van der Waals surface area contributed by atoms with Gasteiger partial charge in [0.25, 0.3) is 0 Å². The summed E-state index contributed by atoms with van der Waals surface area (Å²) in [6, 6.07) is 61.1. The number of para-hydroxylation sites is 3. The average molecular weight is 735 g/mol. The number of furan rings is 1. The largest absolute Gasteiger partial charge is 0.456 e. The molecule has 2 heterocycles. The highest BCUT2D eigenvalue weighted by Crippen LogP contribution is 2.49. The molecule has 0 saturated carbocycles. The highest BCUT2D eigenvalue weighted by molar-refractivity contribution is 6.10. The Labute approximate surface area is 333 Å². The van der Waals surface area contributed by atoms with E-state index in [1.54, 1.807) is 0 Å². The number of hydrogen-bond donors (Lipinski definition) is 0. The van der Waals surface area contributed by atoms with Crippen LogP contribution in [-0.2, 0) is 5.41 Å². The second-order valence-electron chi connectivity index (χ2n) is 15.5. The lowest BCUT2D eigenvalue weighted by Gasteiger charge is -2.29. The molecule has 0 amide bonds. The molecule has 0 N–H and O–H groups in total. The summed E-state index contributed by atoms with van der Waals surface area (Å²) in [6.45, 7) is 10.8. The quantitative estimate of drug-likeness (QED) is 0.145. The van der Waals surface area contributed by atoms with Crippen LogP contribution in [0.15, 0.2) is 205 Å². The molecule has 2 aromatic heterocycles. The van der Waals surface area contributed by atoms with Crippen molar-refractivity contribution in [3.05, 3.63) is 211 Å². The minimum Gasteiger partial charge on any atom is -0.456 e. The first-order valence-corrected chi connectivity index (χ1v) is 19.6. The predicted molar refractivity (Wildman–Crippen MR) is 241 cm³/mol. The molecule has 0 fully saturated rings. The lowest BCUT2D eigenvalue weighted by Crippen LogP contribution is -2.17. The van der Waals surface area contributed by atoms with Crippen LogP contribution in [0.3, 0.4) is 0 Å². The van der Waals surface area contributed by atoms with E-state index < -0.39 is 0 Å². The molecule has 10 rings (SSSR count). The van der Waals surface area contributed by atoms with Gasteiger partial charge in [0.1, 0.15) is 11.3 Å². The number of hydrogen-bond acceptors (Lipinski definition) is 2. The molecule has 0 bridgehead atoms. The molecule has 0 unspecified atom stereocenters. The molecule has 3 nitrogen and oxygen atoms in total. The predicted octanol–water partition coefficient (Wildman–Crippen LogP) is 15.1. The van der Waals surface area contributed by atoms with E-state index in [2.05, 4.69) is 195 Å². The van der Waals surface area contributed by atoms with Crippen LogP contribution >= 0.6 is 0 Å². The van der Waals surface area contributed by atoms with Crippen molar-refractivity contribution in [1.82, 2.24) is 4.57 Å². The summed E-state index contributed by atoms with van der Waals surface area (Å²) in [5.74, 6) is 0.864. The summed E-state index contributed by atoms with van der Waals surface area (Å²) >= 11 is 0. The van der Waals surface area contributed by atoms with Gasteiger partial charge in [-0.05, 0) is 131 Å². The van der Waals surface area contributed by atoms with Gasteiger partial charge in [-0.25, -0.2) is 0 Å². The van der Waals surface area contributed by atoms with Crippen molar-refractivity contribution in [1.29, 1.82) is 0 Å². The summed E-state index contributed by atoms with van der Waals surface area (Å²) in [5.41, 5.74) is 16.3. The van der Waals surface area contributed by atoms with E-state index in [0.717, 1.165) is 45.0 Å². The van der Waals surface area contributed by atoms with Gasteiger partial charge in [0.05, 0.1) is 11.0 Å². The van der Waals surface area contributed by atoms with Crippen molar-refractivity contribution in [2.24, 2.45) is 0 Å². The number of fused-ring (bicyclic) bond motifs is 5. The fourth-order valence-corrected chi connectivity index (χ4v) is 8.93. The van der Waals surface area contributed by atoms with E-state index in [-0.39, 0.29) is 5.41 Å². The van der Waals surface area contributed by atoms with Crippen LogP contribution in [0.4, 0.5) is 17.1 Å². The Bertz CT molecular complexity index is 3010. The van der Waals surface area contributed by atoms with Gasteiger partial charge < -0.3 is 13.9 Å². The Morgan fingerprint density at radius 2 is 1.25 bits per heavy atom. The summed E-state index contributed by atoms with van der Waals surface area (Å²) in [6.07, 6.45) is 6.11. The van der Waals surface area contributed by atoms with E-state index in [9.17, 15) is 0 Å². The number of allylic oxidation sites excluding steroid dienone is 5. The fraction of sp³-hybridized carbons (Fsp3) is 0.0741. The van der Waals surface area contributed by atoms with Gasteiger partial charge in [-0.15, -0.1) is 0 Å². The smallest absolute Gasteiger partial charge is 0.135 e. The normalized spacial score (nSPS) is 13.6. The molecule has 57 heavy (non-hydrogen) atoms. The van der Waals surface area contributed by atoms with Gasteiger partial charge in [0, 0.05) is 49.9 Å². The van der Waals surface area contributed by atoms with Crippen LogP contribution in [0.5, 0.6) is 0 Å². The van der Waals surface area contributed by atoms with E-state index in [0.29, 0.717) is 0 Å². The highest BCUT2D eigenvalue weighted by Gasteiger charge is 2.35. The van der Waals surface area contributed by atoms with Crippen molar-refractivity contribution in [3.8, 4) is 28.1 Å². The van der Waals surface area contributed by atoms with Crippen molar-refractivity contribution in [2.75, 3.05) is 4.90 Å². The Hall–Kier alpha value is -7.10. The molecule has 0 atom stereocenters. The average Bonchev–Trinajstić information content (AvgIpc) is 3.89. The molecule has 1 aliphatic rings. The van der Waals surface area contributed by atoms with E-state index in [1.807, 2.05) is 30.4 Å². The van der Waals surface area contributed by atoms with Gasteiger partial charge in [-0.1, -0.05) is 118 Å². The van der Waals surface area contributed by atoms with Gasteiger partial charge in [-0.3, -0.25) is 0 Å². The van der Waals surface area contributed by atoms with Crippen LogP contribution in [0.25, 0.3) is 66.5 Å². The zero-order valence-corrected chi connectivity index (χ0v) is 32.4. The third-order valence-corrected chi connectivity index (χ3v) is 11.8. The highest BCUT2D eigenvalue weighted by atomic mass is 16.3. The summed E-state index contributed by atoms with van der Waals surface area (Å²) in [4.78, 5) is 2.37. The molecule has 274 valence electrons. The van der Waals surface area contributed by atoms with Crippen LogP contribution in [0.2, 0.25) is 0 Å². The molecular weight excluding hydrogens is 693 g/mol. The summed E-state index contributed by atoms with van der Waals surface area (Å²) in [7, 11) is 0. The Balaban J connectivity index is 1.06. The zero-order chi connectivity index (χ0) is 38.7. The number of rotatable bonds is 8. The van der Waals surface area contributed by atoms with E-state index in [4.69, 9.17) is 4.42 Å². The third kappa shape index (κ3) is 5.74. The summed E-state index contributed by atoms with van der Waals surface area (Å²) in [5, 5.41) is 3.60. The fourth-order valence-electron chi connectivity index (χ4n) is 8.93. The van der Waals surface area contributed by atoms with Crippen molar-refractivity contribution in [2.45, 2.75) is 26.2 Å². The Morgan fingerprint density at radius 3 is 2.00 bits per heavy atom. The molecule has 0 aliphatic heterocycles. The summed E-state index contributed by atoms with van der Waals surface area (Å²) < 4.78 is 8.61. The van der Waals surface area contributed by atoms with E-state index in [1.165, 1.54) is 55.2 Å². The molecule has 7 aromatic carbocycles. The molecule has 3 heteroatoms. The first-order chi connectivity index (χ1) is 27.9. The molecule has 0 saturated heterocycles. The van der Waals surface area contributed by atoms with Gasteiger partial charge in [-0.2, -0.15) is 0 Å². The van der Waals surface area contributed by atoms with Crippen LogP contribution in [-0.4, -0.2) is 4.57 Å². The maximum absolute atomic E-state index is 6.24. The number of aromatic nitrogens is 1. The van der Waals surface area contributed by atoms with Crippen molar-refractivity contribution in [3.63, 3.8) is 0 Å². The van der Waals surface area contributed by atoms with Gasteiger partial charge in [0.15, 0.2) is 0 Å². The molecule has 0 radical (unpaired) electrons. The SMILES string of the molecule is C=C/C=C\C1=C(C)c2ccc(N(c3ccc(-c4ccc5c(c4)c4ccccc4n5-c4ccccc4)cc3)c3ccc(-c4cc5ccccc5o4)cc3)cc2C1(C)C. The maximum Gasteiger partial charge on any atom is 0.135 e. The van der Waals surface area contributed by atoms with Crippen LogP contribution in [0.1, 0.15) is 31.9 Å². The third-order valence-electron chi connectivity index (χ3n) is 11.8. The molecule has 1 aliphatic carbocycles. The zero-order valence-electron chi connectivity index (χ0n) is 32.4. The molecular formula is C54H42N2O. The minimum absolute atomic E-state index is 0.155. The lowest BCUT2D eigenvalue weighted by molar-refractivity contribution is 0.631. The number of anilines is 3. The van der Waals surface area contributed by atoms with Crippen molar-refractivity contribution < 1.29 is 4.42 Å².